The van der Waals surface area contributed by atoms with Gasteiger partial charge in [-0.1, -0.05) is 18.6 Å². The van der Waals surface area contributed by atoms with Crippen LogP contribution in [0.3, 0.4) is 0 Å². The molecular weight excluding hydrogens is 258 g/mol. The van der Waals surface area contributed by atoms with E-state index in [9.17, 15) is 0 Å². The van der Waals surface area contributed by atoms with Crippen molar-refractivity contribution >= 4 is 0 Å². The van der Waals surface area contributed by atoms with E-state index in [1.165, 1.54) is 0 Å². The van der Waals surface area contributed by atoms with E-state index >= 15 is 0 Å². The molecule has 0 radical (unpaired) electrons. The molecule has 0 aliphatic carbocycles. The summed E-state index contributed by atoms with van der Waals surface area (Å²) in [7, 11) is 0. The summed E-state index contributed by atoms with van der Waals surface area (Å²) in [6.45, 7) is 4.93. The Kier molecular flexibility index (Phi) is 3.32. The van der Waals surface area contributed by atoms with E-state index in [4.69, 9.17) is 8.83 Å². The maximum Gasteiger partial charge on any atom is 0.283 e. The molecule has 0 saturated heterocycles. The van der Waals surface area contributed by atoms with Crippen LogP contribution >= 0.6 is 0 Å². The number of aromatic nitrogens is 5. The average molecular weight is 273 g/mol. The first kappa shape index (κ1) is 12.6. The third kappa shape index (κ3) is 2.22. The molecule has 0 amide bonds. The molecule has 0 fully saturated rings. The molecule has 7 nitrogen and oxygen atoms in total. The van der Waals surface area contributed by atoms with Crippen LogP contribution in [0.1, 0.15) is 25.5 Å². The molecule has 0 N–H and O–H groups in total. The minimum absolute atomic E-state index is 0.340. The van der Waals surface area contributed by atoms with Crippen molar-refractivity contribution in [1.29, 1.82) is 0 Å². The summed E-state index contributed by atoms with van der Waals surface area (Å²) in [6.07, 6.45) is 3.73. The van der Waals surface area contributed by atoms with Crippen molar-refractivity contribution in [3.63, 3.8) is 0 Å². The fourth-order valence-electron chi connectivity index (χ4n) is 1.90. The Bertz CT molecular complexity index is 684. The van der Waals surface area contributed by atoms with Gasteiger partial charge < -0.3 is 8.83 Å². The van der Waals surface area contributed by atoms with Crippen LogP contribution in [0.25, 0.3) is 23.2 Å². The molecule has 104 valence electrons. The van der Waals surface area contributed by atoms with Crippen molar-refractivity contribution in [2.24, 2.45) is 0 Å². The van der Waals surface area contributed by atoms with Gasteiger partial charge in [0.05, 0.1) is 12.0 Å². The number of rotatable bonds is 5. The molecule has 3 aromatic heterocycles. The summed E-state index contributed by atoms with van der Waals surface area (Å²) in [6, 6.07) is 3.54. The minimum Gasteiger partial charge on any atom is -0.459 e. The van der Waals surface area contributed by atoms with Gasteiger partial charge >= 0.3 is 0 Å². The summed E-state index contributed by atoms with van der Waals surface area (Å²) in [5.41, 5.74) is 1.54. The first-order valence-corrected chi connectivity index (χ1v) is 6.57. The van der Waals surface area contributed by atoms with E-state index in [-0.39, 0.29) is 0 Å². The normalized spacial score (nSPS) is 11.1. The Morgan fingerprint density at radius 1 is 1.20 bits per heavy atom. The highest BCUT2D eigenvalue weighted by Crippen LogP contribution is 2.24. The van der Waals surface area contributed by atoms with E-state index in [0.717, 1.165) is 25.1 Å². The van der Waals surface area contributed by atoms with E-state index in [1.807, 2.05) is 11.6 Å². The highest BCUT2D eigenvalue weighted by atomic mass is 16.4. The number of aryl methyl sites for hydroxylation is 1. The lowest BCUT2D eigenvalue weighted by molar-refractivity contribution is 0.522. The van der Waals surface area contributed by atoms with Gasteiger partial charge in [-0.3, -0.25) is 0 Å². The Balaban J connectivity index is 1.88. The van der Waals surface area contributed by atoms with Gasteiger partial charge in [0, 0.05) is 6.54 Å². The van der Waals surface area contributed by atoms with Crippen molar-refractivity contribution < 1.29 is 8.83 Å². The predicted octanol–water partition coefficient (Wildman–Crippen LogP) is 2.70. The zero-order valence-electron chi connectivity index (χ0n) is 11.4. The second kappa shape index (κ2) is 5.28. The van der Waals surface area contributed by atoms with Crippen molar-refractivity contribution in [3.8, 4) is 23.2 Å². The van der Waals surface area contributed by atoms with Gasteiger partial charge in [-0.25, -0.2) is 4.68 Å². The lowest BCUT2D eigenvalue weighted by atomic mass is 10.3. The number of furan rings is 1. The Labute approximate surface area is 115 Å². The Hall–Kier alpha value is -2.44. The number of unbranched alkanes of at least 4 members (excludes halogenated alkanes) is 1. The monoisotopic (exact) mass is 273 g/mol. The zero-order chi connectivity index (χ0) is 13.9. The van der Waals surface area contributed by atoms with Crippen molar-refractivity contribution in [3.05, 3.63) is 24.1 Å². The van der Waals surface area contributed by atoms with Gasteiger partial charge in [-0.15, -0.1) is 15.3 Å². The summed E-state index contributed by atoms with van der Waals surface area (Å²) < 4.78 is 12.7. The largest absolute Gasteiger partial charge is 0.459 e. The van der Waals surface area contributed by atoms with Crippen LogP contribution < -0.4 is 0 Å². The van der Waals surface area contributed by atoms with Crippen molar-refractivity contribution in [1.82, 2.24) is 25.2 Å². The smallest absolute Gasteiger partial charge is 0.283 e. The fraction of sp³-hybridized carbons (Fsp3) is 0.385. The van der Waals surface area contributed by atoms with Gasteiger partial charge in [0.15, 0.2) is 11.5 Å². The average Bonchev–Trinajstić information content (AvgIpc) is 3.17. The summed E-state index contributed by atoms with van der Waals surface area (Å²) in [4.78, 5) is 0. The molecule has 0 atom stereocenters. The van der Waals surface area contributed by atoms with Crippen molar-refractivity contribution in [2.75, 3.05) is 0 Å². The molecule has 0 aliphatic heterocycles. The second-order valence-corrected chi connectivity index (χ2v) is 4.49. The van der Waals surface area contributed by atoms with Crippen LogP contribution in [0.15, 0.2) is 27.2 Å². The fourth-order valence-corrected chi connectivity index (χ4v) is 1.90. The summed E-state index contributed by atoms with van der Waals surface area (Å²) >= 11 is 0. The minimum atomic E-state index is 0.340. The molecule has 0 aliphatic rings. The Morgan fingerprint density at radius 2 is 2.05 bits per heavy atom. The molecule has 7 heteroatoms. The highest BCUT2D eigenvalue weighted by molar-refractivity contribution is 5.52. The topological polar surface area (TPSA) is 82.8 Å². The quantitative estimate of drug-likeness (QED) is 0.710. The van der Waals surface area contributed by atoms with E-state index in [0.29, 0.717) is 23.2 Å². The van der Waals surface area contributed by atoms with E-state index in [2.05, 4.69) is 27.4 Å². The van der Waals surface area contributed by atoms with Crippen LogP contribution in [0.2, 0.25) is 0 Å². The summed E-state index contributed by atoms with van der Waals surface area (Å²) in [5, 5.41) is 16.2. The van der Waals surface area contributed by atoms with E-state index < -0.39 is 0 Å². The number of nitrogens with zero attached hydrogens (tertiary/aromatic N) is 5. The van der Waals surface area contributed by atoms with Gasteiger partial charge in [0.1, 0.15) is 0 Å². The number of hydrogen-bond acceptors (Lipinski definition) is 6. The van der Waals surface area contributed by atoms with Crippen LogP contribution in [-0.4, -0.2) is 25.2 Å². The lowest BCUT2D eigenvalue weighted by Crippen LogP contribution is -2.02. The van der Waals surface area contributed by atoms with Crippen LogP contribution in [-0.2, 0) is 6.54 Å². The predicted molar refractivity (Wildman–Crippen MR) is 70.7 cm³/mol. The standard InChI is InChI=1S/C13H15N5O2/c1-3-4-7-18-9(2)11(14-17-18)13-16-15-12(20-13)10-6-5-8-19-10/h5-6,8H,3-4,7H2,1-2H3. The zero-order valence-corrected chi connectivity index (χ0v) is 11.4. The van der Waals surface area contributed by atoms with Crippen molar-refractivity contribution in [2.45, 2.75) is 33.2 Å². The molecule has 0 saturated carbocycles. The SMILES string of the molecule is CCCCn1nnc(-c2nnc(-c3ccco3)o2)c1C. The Morgan fingerprint density at radius 3 is 2.80 bits per heavy atom. The first-order valence-electron chi connectivity index (χ1n) is 6.57. The molecule has 3 aromatic rings. The van der Waals surface area contributed by atoms with Gasteiger partial charge in [-0.2, -0.15) is 0 Å². The first-order chi connectivity index (χ1) is 9.79. The molecule has 0 spiro atoms. The van der Waals surface area contributed by atoms with Gasteiger partial charge in [-0.05, 0) is 25.5 Å². The third-order valence-corrected chi connectivity index (χ3v) is 3.07. The molecule has 20 heavy (non-hydrogen) atoms. The number of hydrogen-bond donors (Lipinski definition) is 0. The molecule has 0 bridgehead atoms. The molecular formula is C13H15N5O2. The third-order valence-electron chi connectivity index (χ3n) is 3.07. The molecule has 0 unspecified atom stereocenters. The van der Waals surface area contributed by atoms with Crippen LogP contribution in [0.5, 0.6) is 0 Å². The lowest BCUT2D eigenvalue weighted by Gasteiger charge is -2.00. The van der Waals surface area contributed by atoms with E-state index in [1.54, 1.807) is 18.4 Å². The molecule has 0 aromatic carbocycles. The van der Waals surface area contributed by atoms with Crippen LogP contribution in [0.4, 0.5) is 0 Å². The maximum absolute atomic E-state index is 5.58. The highest BCUT2D eigenvalue weighted by Gasteiger charge is 2.18. The van der Waals surface area contributed by atoms with Gasteiger partial charge in [0.25, 0.3) is 11.8 Å². The maximum atomic E-state index is 5.58. The molecule has 3 heterocycles. The second-order valence-electron chi connectivity index (χ2n) is 4.49. The van der Waals surface area contributed by atoms with Gasteiger partial charge in [0.2, 0.25) is 0 Å². The summed E-state index contributed by atoms with van der Waals surface area (Å²) in [5.74, 6) is 1.24. The molecule has 3 rings (SSSR count). The van der Waals surface area contributed by atoms with Crippen LogP contribution in [0, 0.1) is 6.92 Å².